The van der Waals surface area contributed by atoms with Gasteiger partial charge in [-0.15, -0.1) is 0 Å². The van der Waals surface area contributed by atoms with Crippen molar-refractivity contribution in [2.45, 2.75) is 38.1 Å². The molecule has 7 nitrogen and oxygen atoms in total. The molecule has 0 spiro atoms. The lowest BCUT2D eigenvalue weighted by Gasteiger charge is -2.11. The predicted molar refractivity (Wildman–Crippen MR) is 75.6 cm³/mol. The summed E-state index contributed by atoms with van der Waals surface area (Å²) in [4.78, 5) is 21.9. The summed E-state index contributed by atoms with van der Waals surface area (Å²) in [5.41, 5.74) is -0.632. The van der Waals surface area contributed by atoms with Crippen molar-refractivity contribution in [1.82, 2.24) is 5.32 Å². The largest absolute Gasteiger partial charge is 0.504 e. The first-order valence-electron chi connectivity index (χ1n) is 6.96. The highest BCUT2D eigenvalue weighted by atomic mass is 16.6. The van der Waals surface area contributed by atoms with Gasteiger partial charge in [-0.3, -0.25) is 14.9 Å². The third kappa shape index (κ3) is 3.69. The van der Waals surface area contributed by atoms with Gasteiger partial charge in [0, 0.05) is 30.6 Å². The topological polar surface area (TPSA) is 113 Å². The van der Waals surface area contributed by atoms with Crippen LogP contribution >= 0.6 is 0 Å². The minimum absolute atomic E-state index is 0.0326. The minimum atomic E-state index is -0.831. The van der Waals surface area contributed by atoms with Crippen LogP contribution in [0.1, 0.15) is 42.5 Å². The Morgan fingerprint density at radius 1 is 1.33 bits per heavy atom. The summed E-state index contributed by atoms with van der Waals surface area (Å²) in [6.07, 6.45) is 4.81. The highest BCUT2D eigenvalue weighted by Crippen LogP contribution is 2.36. The summed E-state index contributed by atoms with van der Waals surface area (Å²) in [7, 11) is 0. The number of rotatable bonds is 6. The number of hydrogen-bond acceptors (Lipinski definition) is 6. The second-order valence-electron chi connectivity index (χ2n) is 5.23. The number of carbonyl (C=O) groups excluding carboxylic acids is 1. The second kappa shape index (κ2) is 6.53. The molecule has 1 aromatic carbocycles. The maximum Gasteiger partial charge on any atom is 0.315 e. The van der Waals surface area contributed by atoms with E-state index in [0.717, 1.165) is 25.0 Å². The number of nitro groups is 1. The van der Waals surface area contributed by atoms with Gasteiger partial charge in [-0.2, -0.15) is 0 Å². The molecule has 2 rings (SSSR count). The lowest BCUT2D eigenvalue weighted by atomic mass is 10.1. The molecule has 0 heterocycles. The molecule has 1 saturated carbocycles. The van der Waals surface area contributed by atoms with Crippen LogP contribution in [0.4, 0.5) is 5.69 Å². The molecule has 0 unspecified atom stereocenters. The van der Waals surface area contributed by atoms with Gasteiger partial charge < -0.3 is 15.5 Å². The maximum absolute atomic E-state index is 12.0. The average molecular weight is 294 g/mol. The quantitative estimate of drug-likeness (QED) is 0.320. The number of carbonyl (C=O) groups is 1. The predicted octanol–water partition coefficient (Wildman–Crippen LogP) is 2.11. The van der Waals surface area contributed by atoms with Crippen molar-refractivity contribution in [2.75, 3.05) is 6.54 Å². The Hall–Kier alpha value is -2.15. The number of nitro benzene ring substituents is 1. The van der Waals surface area contributed by atoms with Crippen LogP contribution in [0.25, 0.3) is 0 Å². The lowest BCUT2D eigenvalue weighted by molar-refractivity contribution is -0.386. The van der Waals surface area contributed by atoms with E-state index in [4.69, 9.17) is 0 Å². The first kappa shape index (κ1) is 15.2. The number of nitrogens with zero attached hydrogens (tertiary/aromatic N) is 1. The number of Topliss-reactive ketones (excluding diaryl/α,β-unsaturated/α-hetero) is 1. The van der Waals surface area contributed by atoms with Gasteiger partial charge in [0.05, 0.1) is 4.92 Å². The van der Waals surface area contributed by atoms with Crippen LogP contribution in [0.15, 0.2) is 12.1 Å². The summed E-state index contributed by atoms with van der Waals surface area (Å²) in [6.45, 7) is 0.499. The Morgan fingerprint density at radius 3 is 2.62 bits per heavy atom. The standard InChI is InChI=1S/C14H18N2O5/c17-12(5-6-15-10-3-1-2-4-10)9-7-11(16(20)21)14(19)13(18)8-9/h7-8,10,15,18-19H,1-6H2. The van der Waals surface area contributed by atoms with Gasteiger partial charge in [0.25, 0.3) is 0 Å². The number of phenols is 2. The van der Waals surface area contributed by atoms with Crippen molar-refractivity contribution in [1.29, 1.82) is 0 Å². The van der Waals surface area contributed by atoms with Gasteiger partial charge in [0.2, 0.25) is 5.75 Å². The van der Waals surface area contributed by atoms with Crippen LogP contribution < -0.4 is 5.32 Å². The number of phenolic OH excluding ortho intramolecular Hbond substituents is 2. The Bertz CT molecular complexity index is 553. The van der Waals surface area contributed by atoms with E-state index >= 15 is 0 Å². The van der Waals surface area contributed by atoms with E-state index < -0.39 is 22.1 Å². The molecule has 1 aliphatic rings. The Labute approximate surface area is 121 Å². The fraction of sp³-hybridized carbons (Fsp3) is 0.500. The Balaban J connectivity index is 1.99. The molecule has 1 aromatic rings. The highest BCUT2D eigenvalue weighted by Gasteiger charge is 2.21. The third-order valence-corrected chi connectivity index (χ3v) is 3.73. The SMILES string of the molecule is O=C(CCNC1CCCC1)c1cc(O)c(O)c([N+](=O)[O-])c1. The van der Waals surface area contributed by atoms with E-state index in [1.807, 2.05) is 0 Å². The molecule has 1 fully saturated rings. The smallest absolute Gasteiger partial charge is 0.315 e. The van der Waals surface area contributed by atoms with Crippen molar-refractivity contribution < 1.29 is 19.9 Å². The molecule has 21 heavy (non-hydrogen) atoms. The van der Waals surface area contributed by atoms with Gasteiger partial charge in [-0.1, -0.05) is 12.8 Å². The molecule has 0 aromatic heterocycles. The first-order valence-corrected chi connectivity index (χ1v) is 6.96. The summed E-state index contributed by atoms with van der Waals surface area (Å²) in [5, 5.41) is 32.9. The van der Waals surface area contributed by atoms with Crippen LogP contribution in [-0.2, 0) is 0 Å². The molecule has 7 heteroatoms. The molecule has 0 saturated heterocycles. The monoisotopic (exact) mass is 294 g/mol. The van der Waals surface area contributed by atoms with E-state index in [2.05, 4.69) is 5.32 Å². The van der Waals surface area contributed by atoms with Gasteiger partial charge in [0.15, 0.2) is 11.5 Å². The van der Waals surface area contributed by atoms with Crippen LogP contribution in [0, 0.1) is 10.1 Å². The van der Waals surface area contributed by atoms with Gasteiger partial charge >= 0.3 is 5.69 Å². The third-order valence-electron chi connectivity index (χ3n) is 3.73. The number of ketones is 1. The van der Waals surface area contributed by atoms with E-state index in [1.54, 1.807) is 0 Å². The van der Waals surface area contributed by atoms with Gasteiger partial charge in [-0.05, 0) is 18.9 Å². The molecule has 1 aliphatic carbocycles. The summed E-state index contributed by atoms with van der Waals surface area (Å²) in [5.74, 6) is -1.78. The number of aromatic hydroxyl groups is 2. The Kier molecular flexibility index (Phi) is 4.74. The lowest BCUT2D eigenvalue weighted by Crippen LogP contribution is -2.28. The molecule has 0 bridgehead atoms. The van der Waals surface area contributed by atoms with Crippen molar-refractivity contribution in [3.63, 3.8) is 0 Å². The number of nitrogens with one attached hydrogen (secondary N) is 1. The highest BCUT2D eigenvalue weighted by molar-refractivity contribution is 5.97. The fourth-order valence-corrected chi connectivity index (χ4v) is 2.57. The molecular formula is C14H18N2O5. The van der Waals surface area contributed by atoms with Crippen molar-refractivity contribution in [3.8, 4) is 11.5 Å². The van der Waals surface area contributed by atoms with E-state index in [0.29, 0.717) is 12.6 Å². The molecular weight excluding hydrogens is 276 g/mol. The molecule has 0 atom stereocenters. The van der Waals surface area contributed by atoms with Crippen molar-refractivity contribution >= 4 is 11.5 Å². The van der Waals surface area contributed by atoms with E-state index in [9.17, 15) is 25.1 Å². The first-order chi connectivity index (χ1) is 9.99. The molecule has 0 radical (unpaired) electrons. The van der Waals surface area contributed by atoms with E-state index in [1.165, 1.54) is 12.8 Å². The molecule has 114 valence electrons. The molecule has 3 N–H and O–H groups in total. The zero-order chi connectivity index (χ0) is 15.4. The number of hydrogen-bond donors (Lipinski definition) is 3. The van der Waals surface area contributed by atoms with Crippen LogP contribution in [0.2, 0.25) is 0 Å². The number of benzene rings is 1. The van der Waals surface area contributed by atoms with Gasteiger partial charge in [-0.25, -0.2) is 0 Å². The van der Waals surface area contributed by atoms with Crippen LogP contribution in [-0.4, -0.2) is 33.5 Å². The summed E-state index contributed by atoms with van der Waals surface area (Å²) in [6, 6.07) is 2.49. The van der Waals surface area contributed by atoms with Crippen LogP contribution in [0.5, 0.6) is 11.5 Å². The Morgan fingerprint density at radius 2 is 2.00 bits per heavy atom. The zero-order valence-electron chi connectivity index (χ0n) is 11.5. The minimum Gasteiger partial charge on any atom is -0.504 e. The molecule has 0 amide bonds. The van der Waals surface area contributed by atoms with Crippen LogP contribution in [0.3, 0.4) is 0 Å². The van der Waals surface area contributed by atoms with Crippen molar-refractivity contribution in [2.24, 2.45) is 0 Å². The second-order valence-corrected chi connectivity index (χ2v) is 5.23. The van der Waals surface area contributed by atoms with Gasteiger partial charge in [0.1, 0.15) is 0 Å². The summed E-state index contributed by atoms with van der Waals surface area (Å²) >= 11 is 0. The summed E-state index contributed by atoms with van der Waals surface area (Å²) < 4.78 is 0. The molecule has 0 aliphatic heterocycles. The van der Waals surface area contributed by atoms with Crippen molar-refractivity contribution in [3.05, 3.63) is 27.8 Å². The van der Waals surface area contributed by atoms with E-state index in [-0.39, 0.29) is 17.8 Å². The zero-order valence-corrected chi connectivity index (χ0v) is 11.5. The fourth-order valence-electron chi connectivity index (χ4n) is 2.57. The maximum atomic E-state index is 12.0. The normalized spacial score (nSPS) is 15.2. The average Bonchev–Trinajstić information content (AvgIpc) is 2.94.